The molecule has 0 bridgehead atoms. The Bertz CT molecular complexity index is 488. The van der Waals surface area contributed by atoms with Gasteiger partial charge in [0.1, 0.15) is 0 Å². The van der Waals surface area contributed by atoms with E-state index in [0.717, 1.165) is 6.54 Å². The largest absolute Gasteiger partial charge is 0.311 e. The van der Waals surface area contributed by atoms with E-state index in [-0.39, 0.29) is 0 Å². The fourth-order valence-corrected chi connectivity index (χ4v) is 2.08. The first-order valence-corrected chi connectivity index (χ1v) is 5.92. The summed E-state index contributed by atoms with van der Waals surface area (Å²) in [5, 5.41) is 7.69. The van der Waals surface area contributed by atoms with Crippen molar-refractivity contribution in [3.63, 3.8) is 0 Å². The monoisotopic (exact) mass is 229 g/mol. The van der Waals surface area contributed by atoms with Crippen LogP contribution in [-0.4, -0.2) is 16.8 Å². The summed E-state index contributed by atoms with van der Waals surface area (Å²) in [5.74, 6) is 0. The zero-order valence-electron chi connectivity index (χ0n) is 10.6. The van der Waals surface area contributed by atoms with Crippen LogP contribution in [0.3, 0.4) is 0 Å². The Balaban J connectivity index is 2.20. The molecule has 1 unspecified atom stereocenters. The Kier molecular flexibility index (Phi) is 3.59. The van der Waals surface area contributed by atoms with Crippen molar-refractivity contribution in [2.24, 2.45) is 0 Å². The molecule has 1 N–H and O–H groups in total. The van der Waals surface area contributed by atoms with Crippen LogP contribution < -0.4 is 5.32 Å². The van der Waals surface area contributed by atoms with Crippen LogP contribution >= 0.6 is 0 Å². The average Bonchev–Trinajstić information content (AvgIpc) is 2.73. The first-order chi connectivity index (χ1) is 8.20. The molecule has 0 amide bonds. The van der Waals surface area contributed by atoms with Crippen LogP contribution in [0.4, 0.5) is 0 Å². The Hall–Kier alpha value is -1.61. The fourth-order valence-electron chi connectivity index (χ4n) is 2.08. The Morgan fingerprint density at radius 3 is 2.65 bits per heavy atom. The quantitative estimate of drug-likeness (QED) is 0.872. The second-order valence-electron chi connectivity index (χ2n) is 4.44. The normalized spacial score (nSPS) is 12.6. The molecule has 0 spiro atoms. The van der Waals surface area contributed by atoms with E-state index >= 15 is 0 Å². The van der Waals surface area contributed by atoms with Gasteiger partial charge >= 0.3 is 0 Å². The summed E-state index contributed by atoms with van der Waals surface area (Å²) in [4.78, 5) is 0. The van der Waals surface area contributed by atoms with Crippen molar-refractivity contribution in [1.82, 2.24) is 15.1 Å². The van der Waals surface area contributed by atoms with E-state index < -0.39 is 0 Å². The van der Waals surface area contributed by atoms with Gasteiger partial charge in [0.15, 0.2) is 0 Å². The predicted octanol–water partition coefficient (Wildman–Crippen LogP) is 2.46. The Morgan fingerprint density at radius 1 is 1.29 bits per heavy atom. The summed E-state index contributed by atoms with van der Waals surface area (Å²) < 4.78 is 1.99. The van der Waals surface area contributed by atoms with E-state index in [0.29, 0.717) is 6.04 Å². The number of likely N-dealkylation sites (N-methyl/N-ethyl adjacent to an activating group) is 1. The highest BCUT2D eigenvalue weighted by atomic mass is 15.3. The van der Waals surface area contributed by atoms with E-state index in [4.69, 9.17) is 0 Å². The predicted molar refractivity (Wildman–Crippen MR) is 69.9 cm³/mol. The van der Waals surface area contributed by atoms with Crippen molar-refractivity contribution >= 4 is 0 Å². The SMILES string of the molecule is CNC(Cn1cc(C)cn1)c1ccccc1C. The van der Waals surface area contributed by atoms with Gasteiger partial charge in [0, 0.05) is 6.20 Å². The molecule has 1 aromatic heterocycles. The first kappa shape index (κ1) is 11.9. The molecule has 0 aliphatic rings. The van der Waals surface area contributed by atoms with Gasteiger partial charge in [0.05, 0.1) is 18.8 Å². The summed E-state index contributed by atoms with van der Waals surface area (Å²) in [6.07, 6.45) is 3.97. The molecule has 1 heterocycles. The highest BCUT2D eigenvalue weighted by molar-refractivity contribution is 5.28. The van der Waals surface area contributed by atoms with Gasteiger partial charge in [0.25, 0.3) is 0 Å². The molecule has 1 atom stereocenters. The molecule has 0 aliphatic heterocycles. The van der Waals surface area contributed by atoms with Crippen LogP contribution in [0.5, 0.6) is 0 Å². The molecular weight excluding hydrogens is 210 g/mol. The minimum absolute atomic E-state index is 0.301. The smallest absolute Gasteiger partial charge is 0.0604 e. The third-order valence-corrected chi connectivity index (χ3v) is 3.04. The molecule has 0 radical (unpaired) electrons. The molecule has 3 nitrogen and oxygen atoms in total. The molecule has 2 aromatic rings. The summed E-state index contributed by atoms with van der Waals surface area (Å²) in [6.45, 7) is 5.06. The van der Waals surface area contributed by atoms with Crippen LogP contribution in [0.2, 0.25) is 0 Å². The average molecular weight is 229 g/mol. The number of hydrogen-bond acceptors (Lipinski definition) is 2. The summed E-state index contributed by atoms with van der Waals surface area (Å²) in [7, 11) is 1.99. The third kappa shape index (κ3) is 2.74. The lowest BCUT2D eigenvalue weighted by Gasteiger charge is -2.18. The lowest BCUT2D eigenvalue weighted by molar-refractivity contribution is 0.466. The highest BCUT2D eigenvalue weighted by Gasteiger charge is 2.12. The second-order valence-corrected chi connectivity index (χ2v) is 4.44. The highest BCUT2D eigenvalue weighted by Crippen LogP contribution is 2.18. The third-order valence-electron chi connectivity index (χ3n) is 3.04. The van der Waals surface area contributed by atoms with Crippen molar-refractivity contribution in [3.05, 3.63) is 53.3 Å². The molecule has 0 fully saturated rings. The van der Waals surface area contributed by atoms with Crippen LogP contribution in [0.1, 0.15) is 22.7 Å². The van der Waals surface area contributed by atoms with Gasteiger partial charge in [0.2, 0.25) is 0 Å². The van der Waals surface area contributed by atoms with E-state index in [1.165, 1.54) is 16.7 Å². The fraction of sp³-hybridized carbons (Fsp3) is 0.357. The van der Waals surface area contributed by atoms with E-state index in [1.807, 2.05) is 17.9 Å². The van der Waals surface area contributed by atoms with Gasteiger partial charge in [-0.05, 0) is 37.6 Å². The Labute approximate surface area is 102 Å². The van der Waals surface area contributed by atoms with E-state index in [1.54, 1.807) is 0 Å². The van der Waals surface area contributed by atoms with Gasteiger partial charge in [-0.15, -0.1) is 0 Å². The van der Waals surface area contributed by atoms with Crippen molar-refractivity contribution in [1.29, 1.82) is 0 Å². The number of hydrogen-bond donors (Lipinski definition) is 1. The number of rotatable bonds is 4. The van der Waals surface area contributed by atoms with Crippen LogP contribution in [-0.2, 0) is 6.54 Å². The molecule has 1 aromatic carbocycles. The zero-order chi connectivity index (χ0) is 12.3. The van der Waals surface area contributed by atoms with Crippen LogP contribution in [0.25, 0.3) is 0 Å². The number of aromatic nitrogens is 2. The Morgan fingerprint density at radius 2 is 2.06 bits per heavy atom. The maximum absolute atomic E-state index is 4.34. The van der Waals surface area contributed by atoms with Crippen molar-refractivity contribution in [2.45, 2.75) is 26.4 Å². The molecule has 0 saturated carbocycles. The number of benzene rings is 1. The molecular formula is C14H19N3. The molecule has 3 heteroatoms. The summed E-state index contributed by atoms with van der Waals surface area (Å²) in [6, 6.07) is 8.78. The van der Waals surface area contributed by atoms with Gasteiger partial charge in [-0.2, -0.15) is 5.10 Å². The number of aryl methyl sites for hydroxylation is 2. The van der Waals surface area contributed by atoms with Gasteiger partial charge in [-0.1, -0.05) is 24.3 Å². The molecule has 2 rings (SSSR count). The molecule has 90 valence electrons. The van der Waals surface area contributed by atoms with Gasteiger partial charge < -0.3 is 5.32 Å². The van der Waals surface area contributed by atoms with Crippen LogP contribution in [0.15, 0.2) is 36.7 Å². The lowest BCUT2D eigenvalue weighted by Crippen LogP contribution is -2.23. The maximum Gasteiger partial charge on any atom is 0.0604 e. The van der Waals surface area contributed by atoms with Gasteiger partial charge in [-0.3, -0.25) is 4.68 Å². The van der Waals surface area contributed by atoms with Crippen molar-refractivity contribution in [3.8, 4) is 0 Å². The second kappa shape index (κ2) is 5.15. The minimum Gasteiger partial charge on any atom is -0.311 e. The topological polar surface area (TPSA) is 29.9 Å². The summed E-state index contributed by atoms with van der Waals surface area (Å²) >= 11 is 0. The van der Waals surface area contributed by atoms with Crippen molar-refractivity contribution < 1.29 is 0 Å². The minimum atomic E-state index is 0.301. The summed E-state index contributed by atoms with van der Waals surface area (Å²) in [5.41, 5.74) is 3.85. The van der Waals surface area contributed by atoms with Gasteiger partial charge in [-0.25, -0.2) is 0 Å². The first-order valence-electron chi connectivity index (χ1n) is 5.92. The van der Waals surface area contributed by atoms with Crippen molar-refractivity contribution in [2.75, 3.05) is 7.05 Å². The lowest BCUT2D eigenvalue weighted by atomic mass is 10.0. The van der Waals surface area contributed by atoms with Crippen LogP contribution in [0, 0.1) is 13.8 Å². The molecule has 0 aliphatic carbocycles. The van der Waals surface area contributed by atoms with E-state index in [2.05, 4.69) is 54.7 Å². The molecule has 0 saturated heterocycles. The van der Waals surface area contributed by atoms with E-state index in [9.17, 15) is 0 Å². The number of nitrogens with one attached hydrogen (secondary N) is 1. The maximum atomic E-state index is 4.34. The zero-order valence-corrected chi connectivity index (χ0v) is 10.6. The molecule has 17 heavy (non-hydrogen) atoms. The standard InChI is InChI=1S/C14H19N3/c1-11-8-16-17(9-11)10-14(15-3)13-7-5-4-6-12(13)2/h4-9,14-15H,10H2,1-3H3. The number of nitrogens with zero attached hydrogens (tertiary/aromatic N) is 2.